The minimum absolute atomic E-state index is 0.584. The van der Waals surface area contributed by atoms with Crippen molar-refractivity contribution in [1.82, 2.24) is 4.98 Å². The Bertz CT molecular complexity index is 314. The molecule has 1 aliphatic rings. The zero-order valence-electron chi connectivity index (χ0n) is 8.41. The molecular formula is C11H15ClN2. The highest BCUT2D eigenvalue weighted by molar-refractivity contribution is 6.29. The van der Waals surface area contributed by atoms with Gasteiger partial charge < -0.3 is 4.90 Å². The number of nitrogens with zero attached hydrogens (tertiary/aromatic N) is 2. The lowest BCUT2D eigenvalue weighted by Crippen LogP contribution is -2.37. The number of hydrogen-bond acceptors (Lipinski definition) is 2. The van der Waals surface area contributed by atoms with E-state index in [1.165, 1.54) is 19.3 Å². The highest BCUT2D eigenvalue weighted by atomic mass is 35.5. The van der Waals surface area contributed by atoms with Crippen molar-refractivity contribution in [3.63, 3.8) is 0 Å². The summed E-state index contributed by atoms with van der Waals surface area (Å²) in [5.74, 6) is 1.02. The van der Waals surface area contributed by atoms with E-state index >= 15 is 0 Å². The van der Waals surface area contributed by atoms with Crippen LogP contribution in [0.15, 0.2) is 18.2 Å². The van der Waals surface area contributed by atoms with Gasteiger partial charge in [-0.15, -0.1) is 0 Å². The summed E-state index contributed by atoms with van der Waals surface area (Å²) >= 11 is 5.87. The molecular weight excluding hydrogens is 196 g/mol. The molecule has 1 aromatic heterocycles. The molecule has 2 rings (SSSR count). The molecule has 0 aliphatic carbocycles. The van der Waals surface area contributed by atoms with Crippen LogP contribution in [0.3, 0.4) is 0 Å². The molecule has 0 N–H and O–H groups in total. The molecule has 0 aromatic carbocycles. The van der Waals surface area contributed by atoms with Crippen LogP contribution in [0.1, 0.15) is 26.2 Å². The van der Waals surface area contributed by atoms with Crippen LogP contribution in [0.4, 0.5) is 5.82 Å². The summed E-state index contributed by atoms with van der Waals surface area (Å²) < 4.78 is 0. The molecule has 0 amide bonds. The van der Waals surface area contributed by atoms with E-state index < -0.39 is 0 Å². The Kier molecular flexibility index (Phi) is 2.92. The molecule has 0 bridgehead atoms. The number of aromatic nitrogens is 1. The molecule has 3 heteroatoms. The van der Waals surface area contributed by atoms with Gasteiger partial charge in [-0.25, -0.2) is 4.98 Å². The third-order valence-electron chi connectivity index (χ3n) is 2.80. The highest BCUT2D eigenvalue weighted by Crippen LogP contribution is 2.23. The maximum Gasteiger partial charge on any atom is 0.131 e. The van der Waals surface area contributed by atoms with E-state index in [2.05, 4.69) is 16.8 Å². The third-order valence-corrected chi connectivity index (χ3v) is 3.01. The SMILES string of the molecule is C[C@@H]1CCCCN1c1cccc(Cl)n1. The summed E-state index contributed by atoms with van der Waals surface area (Å²) in [5.41, 5.74) is 0. The number of anilines is 1. The van der Waals surface area contributed by atoms with Crippen molar-refractivity contribution in [2.75, 3.05) is 11.4 Å². The Labute approximate surface area is 89.9 Å². The molecule has 0 unspecified atom stereocenters. The number of piperidine rings is 1. The van der Waals surface area contributed by atoms with Gasteiger partial charge in [0, 0.05) is 12.6 Å². The summed E-state index contributed by atoms with van der Waals surface area (Å²) in [7, 11) is 0. The van der Waals surface area contributed by atoms with E-state index in [9.17, 15) is 0 Å². The van der Waals surface area contributed by atoms with Crippen molar-refractivity contribution in [1.29, 1.82) is 0 Å². The first-order valence-corrected chi connectivity index (χ1v) is 5.54. The van der Waals surface area contributed by atoms with E-state index in [0.717, 1.165) is 12.4 Å². The van der Waals surface area contributed by atoms with Crippen molar-refractivity contribution in [3.05, 3.63) is 23.4 Å². The van der Waals surface area contributed by atoms with Gasteiger partial charge >= 0.3 is 0 Å². The topological polar surface area (TPSA) is 16.1 Å². The van der Waals surface area contributed by atoms with Crippen LogP contribution in [0.2, 0.25) is 5.15 Å². The molecule has 1 atom stereocenters. The average molecular weight is 211 g/mol. The predicted octanol–water partition coefficient (Wildman–Crippen LogP) is 3.11. The Morgan fingerprint density at radius 3 is 3.00 bits per heavy atom. The predicted molar refractivity (Wildman–Crippen MR) is 59.9 cm³/mol. The van der Waals surface area contributed by atoms with E-state index in [4.69, 9.17) is 11.6 Å². The van der Waals surface area contributed by atoms with Gasteiger partial charge in [0.25, 0.3) is 0 Å². The summed E-state index contributed by atoms with van der Waals surface area (Å²) in [6, 6.07) is 6.41. The van der Waals surface area contributed by atoms with Crippen molar-refractivity contribution in [2.45, 2.75) is 32.2 Å². The maximum absolute atomic E-state index is 5.87. The van der Waals surface area contributed by atoms with Gasteiger partial charge in [-0.05, 0) is 38.3 Å². The van der Waals surface area contributed by atoms with Crippen LogP contribution >= 0.6 is 11.6 Å². The fraction of sp³-hybridized carbons (Fsp3) is 0.545. The zero-order chi connectivity index (χ0) is 9.97. The summed E-state index contributed by atoms with van der Waals surface area (Å²) in [6.07, 6.45) is 3.85. The summed E-state index contributed by atoms with van der Waals surface area (Å²) in [4.78, 5) is 6.68. The molecule has 0 spiro atoms. The fourth-order valence-electron chi connectivity index (χ4n) is 2.00. The van der Waals surface area contributed by atoms with E-state index in [1.807, 2.05) is 18.2 Å². The fourth-order valence-corrected chi connectivity index (χ4v) is 2.16. The summed E-state index contributed by atoms with van der Waals surface area (Å²) in [5, 5.41) is 0.584. The quantitative estimate of drug-likeness (QED) is 0.663. The van der Waals surface area contributed by atoms with Gasteiger partial charge in [0.1, 0.15) is 11.0 Å². The van der Waals surface area contributed by atoms with E-state index in [0.29, 0.717) is 11.2 Å². The number of rotatable bonds is 1. The number of halogens is 1. The molecule has 2 nitrogen and oxygen atoms in total. The van der Waals surface area contributed by atoms with Gasteiger partial charge in [-0.3, -0.25) is 0 Å². The van der Waals surface area contributed by atoms with Crippen molar-refractivity contribution in [2.24, 2.45) is 0 Å². The third kappa shape index (κ3) is 2.01. The van der Waals surface area contributed by atoms with Gasteiger partial charge in [-0.2, -0.15) is 0 Å². The second-order valence-electron chi connectivity index (χ2n) is 3.86. The maximum atomic E-state index is 5.87. The molecule has 14 heavy (non-hydrogen) atoms. The Balaban J connectivity index is 2.20. The Morgan fingerprint density at radius 2 is 2.29 bits per heavy atom. The first kappa shape index (κ1) is 9.78. The lowest BCUT2D eigenvalue weighted by atomic mass is 10.0. The second kappa shape index (κ2) is 4.18. The molecule has 1 aliphatic heterocycles. The average Bonchev–Trinajstić information content (AvgIpc) is 2.18. The van der Waals surface area contributed by atoms with Gasteiger partial charge in [-0.1, -0.05) is 17.7 Å². The monoisotopic (exact) mass is 210 g/mol. The number of hydrogen-bond donors (Lipinski definition) is 0. The number of pyridine rings is 1. The standard InChI is InChI=1S/C11H15ClN2/c1-9-5-2-3-8-14(9)11-7-4-6-10(12)13-11/h4,6-7,9H,2-3,5,8H2,1H3/t9-/m1/s1. The minimum atomic E-state index is 0.584. The first-order valence-electron chi connectivity index (χ1n) is 5.16. The Morgan fingerprint density at radius 1 is 1.43 bits per heavy atom. The van der Waals surface area contributed by atoms with Crippen LogP contribution in [0.5, 0.6) is 0 Å². The van der Waals surface area contributed by atoms with Gasteiger partial charge in [0.05, 0.1) is 0 Å². The summed E-state index contributed by atoms with van der Waals surface area (Å²) in [6.45, 7) is 3.36. The molecule has 0 saturated carbocycles. The zero-order valence-corrected chi connectivity index (χ0v) is 9.17. The first-order chi connectivity index (χ1) is 6.77. The van der Waals surface area contributed by atoms with Crippen molar-refractivity contribution >= 4 is 17.4 Å². The van der Waals surface area contributed by atoms with Crippen LogP contribution in [-0.4, -0.2) is 17.6 Å². The van der Waals surface area contributed by atoms with Crippen molar-refractivity contribution < 1.29 is 0 Å². The molecule has 2 heterocycles. The minimum Gasteiger partial charge on any atom is -0.354 e. The molecule has 1 saturated heterocycles. The molecule has 76 valence electrons. The largest absolute Gasteiger partial charge is 0.354 e. The second-order valence-corrected chi connectivity index (χ2v) is 4.24. The van der Waals surface area contributed by atoms with E-state index in [1.54, 1.807) is 0 Å². The van der Waals surface area contributed by atoms with Crippen molar-refractivity contribution in [3.8, 4) is 0 Å². The van der Waals surface area contributed by atoms with Crippen LogP contribution < -0.4 is 4.90 Å². The van der Waals surface area contributed by atoms with Gasteiger partial charge in [0.15, 0.2) is 0 Å². The van der Waals surface area contributed by atoms with E-state index in [-0.39, 0.29) is 0 Å². The lowest BCUT2D eigenvalue weighted by molar-refractivity contribution is 0.481. The van der Waals surface area contributed by atoms with Gasteiger partial charge in [0.2, 0.25) is 0 Å². The molecule has 0 radical (unpaired) electrons. The van der Waals surface area contributed by atoms with Crippen LogP contribution in [-0.2, 0) is 0 Å². The normalized spacial score (nSPS) is 22.4. The smallest absolute Gasteiger partial charge is 0.131 e. The Hall–Kier alpha value is -0.760. The lowest BCUT2D eigenvalue weighted by Gasteiger charge is -2.34. The molecule has 1 aromatic rings. The van der Waals surface area contributed by atoms with Crippen LogP contribution in [0.25, 0.3) is 0 Å². The van der Waals surface area contributed by atoms with Crippen LogP contribution in [0, 0.1) is 0 Å². The molecule has 1 fully saturated rings. The highest BCUT2D eigenvalue weighted by Gasteiger charge is 2.19.